The Morgan fingerprint density at radius 2 is 2.00 bits per heavy atom. The van der Waals surface area contributed by atoms with Crippen LogP contribution in [0.15, 0.2) is 18.2 Å². The number of carbonyl (C=O) groups is 2. The molecular formula is C15H24N4O2. The SMILES string of the molecule is CC(C)CC(=O)N(C)c1ccc(NCCC(N)=O)c(N)c1. The maximum absolute atomic E-state index is 12.0. The molecule has 1 rings (SSSR count). The highest BCUT2D eigenvalue weighted by Crippen LogP contribution is 2.25. The predicted octanol–water partition coefficient (Wildman–Crippen LogP) is 1.56. The molecule has 0 spiro atoms. The van der Waals surface area contributed by atoms with Gasteiger partial charge in [0.1, 0.15) is 0 Å². The summed E-state index contributed by atoms with van der Waals surface area (Å²) in [7, 11) is 1.74. The number of anilines is 3. The molecule has 0 saturated heterocycles. The molecule has 6 heteroatoms. The summed E-state index contributed by atoms with van der Waals surface area (Å²) in [6, 6.07) is 5.36. The predicted molar refractivity (Wildman–Crippen MR) is 86.0 cm³/mol. The van der Waals surface area contributed by atoms with E-state index in [1.807, 2.05) is 19.9 Å². The number of nitrogens with one attached hydrogen (secondary N) is 1. The smallest absolute Gasteiger partial charge is 0.226 e. The van der Waals surface area contributed by atoms with Crippen molar-refractivity contribution in [1.82, 2.24) is 0 Å². The minimum absolute atomic E-state index is 0.0545. The quantitative estimate of drug-likeness (QED) is 0.664. The van der Waals surface area contributed by atoms with Crippen LogP contribution in [0.1, 0.15) is 26.7 Å². The average molecular weight is 292 g/mol. The molecule has 21 heavy (non-hydrogen) atoms. The van der Waals surface area contributed by atoms with E-state index < -0.39 is 0 Å². The fourth-order valence-electron chi connectivity index (χ4n) is 1.87. The molecule has 0 atom stereocenters. The summed E-state index contributed by atoms with van der Waals surface area (Å²) < 4.78 is 0. The Morgan fingerprint density at radius 3 is 2.52 bits per heavy atom. The lowest BCUT2D eigenvalue weighted by Gasteiger charge is -2.20. The second kappa shape index (κ2) is 7.52. The number of benzene rings is 1. The van der Waals surface area contributed by atoms with Gasteiger partial charge in [-0.25, -0.2) is 0 Å². The molecule has 0 aliphatic heterocycles. The van der Waals surface area contributed by atoms with E-state index in [0.717, 1.165) is 11.4 Å². The van der Waals surface area contributed by atoms with Crippen LogP contribution in [0.4, 0.5) is 17.1 Å². The van der Waals surface area contributed by atoms with E-state index in [9.17, 15) is 9.59 Å². The minimum atomic E-state index is -0.364. The third-order valence-corrected chi connectivity index (χ3v) is 3.07. The van der Waals surface area contributed by atoms with E-state index in [2.05, 4.69) is 5.32 Å². The van der Waals surface area contributed by atoms with Gasteiger partial charge in [0.2, 0.25) is 11.8 Å². The van der Waals surface area contributed by atoms with Crippen molar-refractivity contribution in [3.05, 3.63) is 18.2 Å². The first kappa shape index (κ1) is 16.8. The maximum Gasteiger partial charge on any atom is 0.226 e. The number of nitrogen functional groups attached to an aromatic ring is 1. The van der Waals surface area contributed by atoms with Gasteiger partial charge >= 0.3 is 0 Å². The Balaban J connectivity index is 2.72. The topological polar surface area (TPSA) is 101 Å². The molecule has 116 valence electrons. The average Bonchev–Trinajstić information content (AvgIpc) is 2.38. The van der Waals surface area contributed by atoms with Crippen molar-refractivity contribution >= 4 is 28.9 Å². The third-order valence-electron chi connectivity index (χ3n) is 3.07. The Hall–Kier alpha value is -2.24. The van der Waals surface area contributed by atoms with Crippen molar-refractivity contribution in [2.75, 3.05) is 29.5 Å². The molecule has 0 aliphatic rings. The lowest BCUT2D eigenvalue weighted by molar-refractivity contribution is -0.119. The summed E-state index contributed by atoms with van der Waals surface area (Å²) in [5.41, 5.74) is 13.0. The summed E-state index contributed by atoms with van der Waals surface area (Å²) in [6.07, 6.45) is 0.739. The number of hydrogen-bond donors (Lipinski definition) is 3. The fourth-order valence-corrected chi connectivity index (χ4v) is 1.87. The Morgan fingerprint density at radius 1 is 1.33 bits per heavy atom. The number of carbonyl (C=O) groups excluding carboxylic acids is 2. The second-order valence-corrected chi connectivity index (χ2v) is 5.47. The number of nitrogens with zero attached hydrogens (tertiary/aromatic N) is 1. The van der Waals surface area contributed by atoms with E-state index in [4.69, 9.17) is 11.5 Å². The van der Waals surface area contributed by atoms with E-state index in [-0.39, 0.29) is 18.2 Å². The second-order valence-electron chi connectivity index (χ2n) is 5.47. The van der Waals surface area contributed by atoms with Crippen LogP contribution in [0, 0.1) is 5.92 Å². The first-order valence-electron chi connectivity index (χ1n) is 6.99. The standard InChI is InChI=1S/C15H24N4O2/c1-10(2)8-15(21)19(3)11-4-5-13(12(16)9-11)18-7-6-14(17)20/h4-5,9-10,18H,6-8,16H2,1-3H3,(H2,17,20). The number of nitrogens with two attached hydrogens (primary N) is 2. The van der Waals surface area contributed by atoms with Gasteiger partial charge in [-0.1, -0.05) is 13.8 Å². The first-order chi connectivity index (χ1) is 9.81. The molecule has 0 heterocycles. The van der Waals surface area contributed by atoms with Gasteiger partial charge in [0.05, 0.1) is 11.4 Å². The van der Waals surface area contributed by atoms with E-state index in [1.54, 1.807) is 24.1 Å². The van der Waals surface area contributed by atoms with Gasteiger partial charge in [0.15, 0.2) is 0 Å². The van der Waals surface area contributed by atoms with Gasteiger partial charge in [0, 0.05) is 32.1 Å². The van der Waals surface area contributed by atoms with Crippen molar-refractivity contribution in [3.63, 3.8) is 0 Å². The minimum Gasteiger partial charge on any atom is -0.397 e. The first-order valence-corrected chi connectivity index (χ1v) is 6.99. The van der Waals surface area contributed by atoms with Gasteiger partial charge in [-0.2, -0.15) is 0 Å². The molecule has 5 N–H and O–H groups in total. The maximum atomic E-state index is 12.0. The Kier molecular flexibility index (Phi) is 6.02. The van der Waals surface area contributed by atoms with Gasteiger partial charge in [-0.15, -0.1) is 0 Å². The highest BCUT2D eigenvalue weighted by molar-refractivity contribution is 5.94. The summed E-state index contributed by atoms with van der Waals surface area (Å²) >= 11 is 0. The zero-order valence-electron chi connectivity index (χ0n) is 12.8. The van der Waals surface area contributed by atoms with Gasteiger partial charge < -0.3 is 21.7 Å². The summed E-state index contributed by atoms with van der Waals surface area (Å²) in [5.74, 6) is 0.00239. The van der Waals surface area contributed by atoms with Gasteiger partial charge in [-0.3, -0.25) is 9.59 Å². The van der Waals surface area contributed by atoms with Crippen LogP contribution in [-0.2, 0) is 9.59 Å². The Labute approximate surface area is 125 Å². The van der Waals surface area contributed by atoms with Crippen molar-refractivity contribution in [1.29, 1.82) is 0 Å². The van der Waals surface area contributed by atoms with E-state index in [0.29, 0.717) is 24.6 Å². The number of primary amides is 1. The highest BCUT2D eigenvalue weighted by Gasteiger charge is 2.13. The molecule has 0 aliphatic carbocycles. The largest absolute Gasteiger partial charge is 0.397 e. The summed E-state index contributed by atoms with van der Waals surface area (Å²) in [5, 5.41) is 3.04. The fraction of sp³-hybridized carbons (Fsp3) is 0.467. The van der Waals surface area contributed by atoms with Crippen molar-refractivity contribution in [2.24, 2.45) is 11.7 Å². The number of rotatable bonds is 7. The van der Waals surface area contributed by atoms with Crippen LogP contribution in [0.25, 0.3) is 0 Å². The molecule has 2 amide bonds. The molecular weight excluding hydrogens is 268 g/mol. The number of hydrogen-bond acceptors (Lipinski definition) is 4. The summed E-state index contributed by atoms with van der Waals surface area (Å²) in [4.78, 5) is 24.3. The lowest BCUT2D eigenvalue weighted by atomic mass is 10.1. The van der Waals surface area contributed by atoms with Crippen molar-refractivity contribution in [3.8, 4) is 0 Å². The van der Waals surface area contributed by atoms with Crippen molar-refractivity contribution < 1.29 is 9.59 Å². The van der Waals surface area contributed by atoms with Crippen LogP contribution in [0.3, 0.4) is 0 Å². The van der Waals surface area contributed by atoms with E-state index in [1.165, 1.54) is 0 Å². The van der Waals surface area contributed by atoms with Crippen LogP contribution in [0.5, 0.6) is 0 Å². The van der Waals surface area contributed by atoms with Crippen molar-refractivity contribution in [2.45, 2.75) is 26.7 Å². The monoisotopic (exact) mass is 292 g/mol. The third kappa shape index (κ3) is 5.33. The molecule has 6 nitrogen and oxygen atoms in total. The highest BCUT2D eigenvalue weighted by atomic mass is 16.2. The number of amides is 2. The zero-order chi connectivity index (χ0) is 16.0. The van der Waals surface area contributed by atoms with Gasteiger partial charge in [0.25, 0.3) is 0 Å². The van der Waals surface area contributed by atoms with Crippen LogP contribution >= 0.6 is 0 Å². The van der Waals surface area contributed by atoms with Crippen LogP contribution < -0.4 is 21.7 Å². The zero-order valence-corrected chi connectivity index (χ0v) is 12.8. The molecule has 1 aromatic carbocycles. The summed E-state index contributed by atoms with van der Waals surface area (Å²) in [6.45, 7) is 4.44. The Bertz CT molecular complexity index is 514. The molecule has 0 aromatic heterocycles. The molecule has 0 fully saturated rings. The molecule has 0 unspecified atom stereocenters. The molecule has 0 saturated carbocycles. The molecule has 1 aromatic rings. The van der Waals surface area contributed by atoms with Crippen LogP contribution in [0.2, 0.25) is 0 Å². The van der Waals surface area contributed by atoms with E-state index >= 15 is 0 Å². The molecule has 0 bridgehead atoms. The molecule has 0 radical (unpaired) electrons. The van der Waals surface area contributed by atoms with Crippen LogP contribution in [-0.4, -0.2) is 25.4 Å². The lowest BCUT2D eigenvalue weighted by Crippen LogP contribution is -2.27. The normalized spacial score (nSPS) is 10.5. The van der Waals surface area contributed by atoms with Gasteiger partial charge in [-0.05, 0) is 24.1 Å².